The lowest BCUT2D eigenvalue weighted by Gasteiger charge is -2.22. The Balaban J connectivity index is 1.73. The minimum absolute atomic E-state index is 0.408. The van der Waals surface area contributed by atoms with Gasteiger partial charge in [-0.25, -0.2) is 9.97 Å². The van der Waals surface area contributed by atoms with E-state index in [0.717, 1.165) is 11.1 Å². The average molecular weight is 318 g/mol. The number of hydrogen-bond donors (Lipinski definition) is 0. The quantitative estimate of drug-likeness (QED) is 0.787. The summed E-state index contributed by atoms with van der Waals surface area (Å²) >= 11 is 6.23. The lowest BCUT2D eigenvalue weighted by Crippen LogP contribution is -2.25. The van der Waals surface area contributed by atoms with Crippen LogP contribution < -0.4 is 0 Å². The summed E-state index contributed by atoms with van der Waals surface area (Å²) in [7, 11) is 2.21. The van der Waals surface area contributed by atoms with E-state index in [1.165, 1.54) is 37.1 Å². The van der Waals surface area contributed by atoms with Crippen molar-refractivity contribution in [3.8, 4) is 11.1 Å². The zero-order valence-corrected chi connectivity index (χ0v) is 13.1. The van der Waals surface area contributed by atoms with Crippen molar-refractivity contribution in [2.45, 2.75) is 37.3 Å². The maximum Gasteiger partial charge on any atom is 0.213 e. The van der Waals surface area contributed by atoms with E-state index in [-0.39, 0.29) is 0 Å². The highest BCUT2D eigenvalue weighted by molar-refractivity contribution is 6.32. The Morgan fingerprint density at radius 3 is 2.82 bits per heavy atom. The fourth-order valence-electron chi connectivity index (χ4n) is 4.06. The molecule has 0 radical (unpaired) electrons. The molecule has 2 aliphatic rings. The summed E-state index contributed by atoms with van der Waals surface area (Å²) in [5.74, 6) is -0.00224. The Labute approximate surface area is 134 Å². The topological polar surface area (TPSA) is 29.0 Å². The van der Waals surface area contributed by atoms with Crippen LogP contribution in [0, 0.1) is 5.95 Å². The highest BCUT2D eigenvalue weighted by atomic mass is 35.5. The number of aromatic nitrogens is 2. The second kappa shape index (κ2) is 5.28. The molecule has 0 saturated carbocycles. The first-order valence-electron chi connectivity index (χ1n) is 7.63. The third kappa shape index (κ3) is 2.22. The first-order chi connectivity index (χ1) is 10.6. The van der Waals surface area contributed by atoms with Crippen molar-refractivity contribution in [1.29, 1.82) is 0 Å². The zero-order valence-electron chi connectivity index (χ0n) is 12.3. The van der Waals surface area contributed by atoms with Gasteiger partial charge in [0.05, 0.1) is 0 Å². The highest BCUT2D eigenvalue weighted by Crippen LogP contribution is 2.46. The average Bonchev–Trinajstić information content (AvgIpc) is 3.03. The molecular weight excluding hydrogens is 301 g/mol. The van der Waals surface area contributed by atoms with Crippen LogP contribution >= 0.6 is 11.6 Å². The standard InChI is InChI=1S/C17H17ClFN3/c1-22-12-2-3-15(22)13(8-12)11-6-14(17(18)21-9-11)10-4-5-20-16(19)7-10/h4-7,9,12-13,15H,2-3,8H2,1H3/t12-,13-,15-/m1/s1. The summed E-state index contributed by atoms with van der Waals surface area (Å²) in [4.78, 5) is 10.4. The molecule has 3 atom stereocenters. The number of halogens is 2. The van der Waals surface area contributed by atoms with E-state index in [0.29, 0.717) is 23.2 Å². The summed E-state index contributed by atoms with van der Waals surface area (Å²) in [5.41, 5.74) is 2.71. The van der Waals surface area contributed by atoms with Crippen LogP contribution in [0.5, 0.6) is 0 Å². The lowest BCUT2D eigenvalue weighted by molar-refractivity contribution is 0.307. The molecule has 0 aliphatic carbocycles. The normalized spacial score (nSPS) is 27.5. The Bertz CT molecular complexity index is 721. The van der Waals surface area contributed by atoms with Crippen LogP contribution in [0.25, 0.3) is 11.1 Å². The van der Waals surface area contributed by atoms with Gasteiger partial charge >= 0.3 is 0 Å². The number of nitrogens with zero attached hydrogens (tertiary/aromatic N) is 3. The van der Waals surface area contributed by atoms with Gasteiger partial charge in [-0.15, -0.1) is 0 Å². The van der Waals surface area contributed by atoms with Gasteiger partial charge in [0.1, 0.15) is 5.15 Å². The maximum atomic E-state index is 13.4. The van der Waals surface area contributed by atoms with E-state index < -0.39 is 5.95 Å². The molecule has 0 amide bonds. The predicted molar refractivity (Wildman–Crippen MR) is 84.4 cm³/mol. The molecule has 2 saturated heterocycles. The molecule has 3 nitrogen and oxygen atoms in total. The molecule has 0 N–H and O–H groups in total. The number of fused-ring (bicyclic) bond motifs is 2. The van der Waals surface area contributed by atoms with E-state index >= 15 is 0 Å². The number of rotatable bonds is 2. The molecule has 114 valence electrons. The molecule has 5 heteroatoms. The fourth-order valence-corrected chi connectivity index (χ4v) is 4.27. The smallest absolute Gasteiger partial charge is 0.213 e. The van der Waals surface area contributed by atoms with Gasteiger partial charge in [-0.3, -0.25) is 4.90 Å². The number of hydrogen-bond acceptors (Lipinski definition) is 3. The first-order valence-corrected chi connectivity index (χ1v) is 8.00. The Kier molecular flexibility index (Phi) is 3.39. The second-order valence-electron chi connectivity index (χ2n) is 6.28. The van der Waals surface area contributed by atoms with E-state index in [1.807, 2.05) is 6.20 Å². The van der Waals surface area contributed by atoms with Gasteiger partial charge in [0.25, 0.3) is 0 Å². The van der Waals surface area contributed by atoms with Gasteiger partial charge in [0.15, 0.2) is 0 Å². The third-order valence-corrected chi connectivity index (χ3v) is 5.51. The monoisotopic (exact) mass is 317 g/mol. The summed E-state index contributed by atoms with van der Waals surface area (Å²) in [6.07, 6.45) is 7.05. The molecule has 22 heavy (non-hydrogen) atoms. The zero-order chi connectivity index (χ0) is 15.3. The molecule has 0 unspecified atom stereocenters. The molecule has 2 bridgehead atoms. The van der Waals surface area contributed by atoms with Crippen molar-refractivity contribution in [1.82, 2.24) is 14.9 Å². The Morgan fingerprint density at radius 2 is 2.14 bits per heavy atom. The van der Waals surface area contributed by atoms with E-state index in [4.69, 9.17) is 11.6 Å². The number of pyridine rings is 2. The van der Waals surface area contributed by atoms with Crippen LogP contribution in [0.1, 0.15) is 30.7 Å². The van der Waals surface area contributed by atoms with Gasteiger partial charge in [-0.2, -0.15) is 4.39 Å². The van der Waals surface area contributed by atoms with Crippen LogP contribution in [-0.2, 0) is 0 Å². The van der Waals surface area contributed by atoms with Crippen LogP contribution in [0.3, 0.4) is 0 Å². The van der Waals surface area contributed by atoms with Crippen LogP contribution in [0.15, 0.2) is 30.6 Å². The molecule has 4 heterocycles. The highest BCUT2D eigenvalue weighted by Gasteiger charge is 2.44. The SMILES string of the molecule is CN1[C@@H]2CC[C@@H]1[C@@H](c1cnc(Cl)c(-c3ccnc(F)c3)c1)C2. The Hall–Kier alpha value is -1.52. The van der Waals surface area contributed by atoms with Gasteiger partial charge in [-0.1, -0.05) is 11.6 Å². The fraction of sp³-hybridized carbons (Fsp3) is 0.412. The molecule has 2 aromatic heterocycles. The van der Waals surface area contributed by atoms with Crippen LogP contribution in [-0.4, -0.2) is 34.0 Å². The van der Waals surface area contributed by atoms with Crippen molar-refractivity contribution in [2.75, 3.05) is 7.05 Å². The van der Waals surface area contributed by atoms with Crippen molar-refractivity contribution in [3.63, 3.8) is 0 Å². The summed E-state index contributed by atoms with van der Waals surface area (Å²) in [5, 5.41) is 0.408. The molecule has 2 fully saturated rings. The summed E-state index contributed by atoms with van der Waals surface area (Å²) in [6.45, 7) is 0. The van der Waals surface area contributed by atoms with Gasteiger partial charge in [0.2, 0.25) is 5.95 Å². The van der Waals surface area contributed by atoms with E-state index in [2.05, 4.69) is 28.0 Å². The minimum atomic E-state index is -0.501. The van der Waals surface area contributed by atoms with E-state index in [1.54, 1.807) is 6.07 Å². The maximum absolute atomic E-state index is 13.4. The summed E-state index contributed by atoms with van der Waals surface area (Å²) in [6, 6.07) is 6.52. The number of likely N-dealkylation sites (N-methyl/N-ethyl adjacent to an activating group) is 1. The van der Waals surface area contributed by atoms with Crippen molar-refractivity contribution >= 4 is 11.6 Å². The predicted octanol–water partition coefficient (Wildman–Crippen LogP) is 3.89. The van der Waals surface area contributed by atoms with Gasteiger partial charge in [-0.05, 0) is 49.6 Å². The molecular formula is C17H17ClFN3. The first kappa shape index (κ1) is 14.1. The van der Waals surface area contributed by atoms with Gasteiger partial charge < -0.3 is 0 Å². The summed E-state index contributed by atoms with van der Waals surface area (Å²) < 4.78 is 13.4. The second-order valence-corrected chi connectivity index (χ2v) is 6.64. The van der Waals surface area contributed by atoms with Crippen LogP contribution in [0.4, 0.5) is 4.39 Å². The molecule has 0 aromatic carbocycles. The van der Waals surface area contributed by atoms with Crippen molar-refractivity contribution < 1.29 is 4.39 Å². The van der Waals surface area contributed by atoms with E-state index in [9.17, 15) is 4.39 Å². The van der Waals surface area contributed by atoms with Crippen molar-refractivity contribution in [2.24, 2.45) is 0 Å². The molecule has 0 spiro atoms. The third-order valence-electron chi connectivity index (χ3n) is 5.21. The van der Waals surface area contributed by atoms with Gasteiger partial charge in [0, 0.05) is 42.0 Å². The largest absolute Gasteiger partial charge is 0.300 e. The Morgan fingerprint density at radius 1 is 1.27 bits per heavy atom. The molecule has 2 aromatic rings. The lowest BCUT2D eigenvalue weighted by atomic mass is 9.84. The molecule has 4 rings (SSSR count). The van der Waals surface area contributed by atoms with Crippen molar-refractivity contribution in [3.05, 3.63) is 47.3 Å². The van der Waals surface area contributed by atoms with Crippen LogP contribution in [0.2, 0.25) is 5.15 Å². The molecule has 2 aliphatic heterocycles. The minimum Gasteiger partial charge on any atom is -0.300 e.